The van der Waals surface area contributed by atoms with Crippen LogP contribution in [0.4, 0.5) is 0 Å². The molecule has 1 aromatic rings. The van der Waals surface area contributed by atoms with E-state index in [2.05, 4.69) is 0 Å². The number of nitrogens with zero attached hydrogens (tertiary/aromatic N) is 2. The Morgan fingerprint density at radius 3 is 2.07 bits per heavy atom. The molecule has 0 bridgehead atoms. The van der Waals surface area contributed by atoms with Gasteiger partial charge in [0.25, 0.3) is 0 Å². The fraction of sp³-hybridized carbons (Fsp3) is 0.588. The zero-order valence-electron chi connectivity index (χ0n) is 15.2. The monoisotopic (exact) mass is 416 g/mol. The van der Waals surface area contributed by atoms with Gasteiger partial charge in [-0.1, -0.05) is 12.1 Å². The number of carbonyl (C=O) groups excluding carboxylic acids is 1. The summed E-state index contributed by atoms with van der Waals surface area (Å²) in [4.78, 5) is 14.0. The van der Waals surface area contributed by atoms with Crippen LogP contribution in [0.3, 0.4) is 0 Å². The minimum Gasteiger partial charge on any atom is -0.378 e. The summed E-state index contributed by atoms with van der Waals surface area (Å²) in [6.07, 6.45) is 1.85. The van der Waals surface area contributed by atoms with Crippen LogP contribution in [0.5, 0.6) is 0 Å². The highest BCUT2D eigenvalue weighted by atomic mass is 32.2. The van der Waals surface area contributed by atoms with Gasteiger partial charge in [0, 0.05) is 38.4 Å². The van der Waals surface area contributed by atoms with Crippen LogP contribution in [0.15, 0.2) is 34.1 Å². The van der Waals surface area contributed by atoms with Gasteiger partial charge in [0.05, 0.1) is 18.1 Å². The topological polar surface area (TPSA) is 101 Å². The molecule has 0 unspecified atom stereocenters. The molecule has 0 atom stereocenters. The van der Waals surface area contributed by atoms with E-state index in [0.29, 0.717) is 39.1 Å². The minimum absolute atomic E-state index is 0.0480. The summed E-state index contributed by atoms with van der Waals surface area (Å²) in [6, 6.07) is 5.63. The average molecular weight is 417 g/mol. The number of hydrogen-bond donors (Lipinski definition) is 0. The zero-order chi connectivity index (χ0) is 19.7. The van der Waals surface area contributed by atoms with Crippen molar-refractivity contribution in [3.63, 3.8) is 0 Å². The number of carbonyl (C=O) groups is 1. The molecule has 0 N–H and O–H groups in total. The molecule has 0 aliphatic carbocycles. The first-order valence-corrected chi connectivity index (χ1v) is 12.2. The predicted octanol–water partition coefficient (Wildman–Crippen LogP) is 0.350. The Bertz CT molecular complexity index is 899. The van der Waals surface area contributed by atoms with Gasteiger partial charge in [-0.15, -0.1) is 0 Å². The van der Waals surface area contributed by atoms with Crippen molar-refractivity contribution in [3.05, 3.63) is 24.3 Å². The van der Waals surface area contributed by atoms with E-state index in [9.17, 15) is 21.6 Å². The largest absolute Gasteiger partial charge is 0.378 e. The number of sulfone groups is 1. The molecular weight excluding hydrogens is 392 g/mol. The van der Waals surface area contributed by atoms with Gasteiger partial charge in [-0.05, 0) is 25.0 Å². The van der Waals surface area contributed by atoms with Gasteiger partial charge >= 0.3 is 0 Å². The number of amides is 1. The Hall–Kier alpha value is -1.49. The van der Waals surface area contributed by atoms with E-state index in [-0.39, 0.29) is 34.7 Å². The Morgan fingerprint density at radius 1 is 0.963 bits per heavy atom. The zero-order valence-corrected chi connectivity index (χ0v) is 16.8. The maximum absolute atomic E-state index is 13.0. The lowest BCUT2D eigenvalue weighted by Crippen LogP contribution is -2.47. The smallest absolute Gasteiger partial charge is 0.244 e. The summed E-state index contributed by atoms with van der Waals surface area (Å²) >= 11 is 0. The van der Waals surface area contributed by atoms with Crippen LogP contribution in [0, 0.1) is 5.92 Å². The highest BCUT2D eigenvalue weighted by Gasteiger charge is 2.35. The van der Waals surface area contributed by atoms with Crippen molar-refractivity contribution in [2.75, 3.05) is 45.6 Å². The first-order valence-electron chi connectivity index (χ1n) is 8.87. The van der Waals surface area contributed by atoms with Crippen molar-refractivity contribution in [1.82, 2.24) is 9.21 Å². The Kier molecular flexibility index (Phi) is 5.90. The molecule has 2 saturated heterocycles. The van der Waals surface area contributed by atoms with Crippen molar-refractivity contribution in [2.45, 2.75) is 22.6 Å². The third kappa shape index (κ3) is 4.34. The summed E-state index contributed by atoms with van der Waals surface area (Å²) in [7, 11) is -7.61. The van der Waals surface area contributed by atoms with Gasteiger partial charge in [0.15, 0.2) is 9.84 Å². The number of ether oxygens (including phenoxy) is 1. The molecule has 2 aliphatic heterocycles. The van der Waals surface area contributed by atoms with Crippen LogP contribution in [0.2, 0.25) is 0 Å². The van der Waals surface area contributed by atoms with E-state index in [1.165, 1.54) is 28.6 Å². The number of sulfonamides is 1. The van der Waals surface area contributed by atoms with Crippen molar-refractivity contribution in [3.8, 4) is 0 Å². The molecule has 0 saturated carbocycles. The molecule has 2 aliphatic rings. The number of rotatable bonds is 4. The second kappa shape index (κ2) is 7.86. The van der Waals surface area contributed by atoms with E-state index in [1.54, 1.807) is 4.90 Å². The summed E-state index contributed by atoms with van der Waals surface area (Å²) < 4.78 is 56.4. The van der Waals surface area contributed by atoms with Crippen LogP contribution < -0.4 is 0 Å². The van der Waals surface area contributed by atoms with Gasteiger partial charge in [-0.25, -0.2) is 16.8 Å². The molecular formula is C17H24N2O6S2. The normalized spacial score (nSPS) is 20.6. The van der Waals surface area contributed by atoms with E-state index in [1.807, 2.05) is 0 Å². The standard InChI is InChI=1S/C17H24N2O6S2/c1-26(21,22)15-4-2-3-5-16(15)27(23,24)19-8-6-14(7-9-19)17(20)18-10-12-25-13-11-18/h2-5,14H,6-13H2,1H3. The van der Waals surface area contributed by atoms with Crippen molar-refractivity contribution in [2.24, 2.45) is 5.92 Å². The molecule has 10 heteroatoms. The summed E-state index contributed by atoms with van der Waals surface area (Å²) in [5.74, 6) is -0.161. The summed E-state index contributed by atoms with van der Waals surface area (Å²) in [5, 5.41) is 0. The molecule has 27 heavy (non-hydrogen) atoms. The quantitative estimate of drug-likeness (QED) is 0.702. The molecule has 0 radical (unpaired) electrons. The maximum Gasteiger partial charge on any atom is 0.244 e. The molecule has 0 spiro atoms. The number of piperidine rings is 1. The van der Waals surface area contributed by atoms with E-state index < -0.39 is 19.9 Å². The molecule has 2 fully saturated rings. The van der Waals surface area contributed by atoms with Crippen molar-refractivity contribution < 1.29 is 26.4 Å². The number of benzene rings is 1. The van der Waals surface area contributed by atoms with Crippen molar-refractivity contribution >= 4 is 25.8 Å². The second-order valence-electron chi connectivity index (χ2n) is 6.83. The average Bonchev–Trinajstić information content (AvgIpc) is 2.67. The highest BCUT2D eigenvalue weighted by Crippen LogP contribution is 2.28. The first-order chi connectivity index (χ1) is 12.7. The SMILES string of the molecule is CS(=O)(=O)c1ccccc1S(=O)(=O)N1CCC(C(=O)N2CCOCC2)CC1. The first kappa shape index (κ1) is 20.2. The van der Waals surface area contributed by atoms with Crippen LogP contribution >= 0.6 is 0 Å². The van der Waals surface area contributed by atoms with Crippen LogP contribution in [0.1, 0.15) is 12.8 Å². The lowest BCUT2D eigenvalue weighted by molar-refractivity contribution is -0.140. The van der Waals surface area contributed by atoms with E-state index >= 15 is 0 Å². The Morgan fingerprint density at radius 2 is 1.52 bits per heavy atom. The summed E-state index contributed by atoms with van der Waals surface area (Å²) in [5.41, 5.74) is 0. The Labute approximate surface area is 160 Å². The molecule has 3 rings (SSSR count). The molecule has 1 aromatic carbocycles. The van der Waals surface area contributed by atoms with Gasteiger partial charge in [0.1, 0.15) is 4.90 Å². The van der Waals surface area contributed by atoms with Crippen LogP contribution in [0.25, 0.3) is 0 Å². The molecule has 8 nitrogen and oxygen atoms in total. The second-order valence-corrected chi connectivity index (χ2v) is 10.7. The lowest BCUT2D eigenvalue weighted by atomic mass is 9.96. The highest BCUT2D eigenvalue weighted by molar-refractivity contribution is 7.93. The molecule has 2 heterocycles. The Balaban J connectivity index is 1.73. The molecule has 0 aromatic heterocycles. The van der Waals surface area contributed by atoms with E-state index in [0.717, 1.165) is 6.26 Å². The minimum atomic E-state index is -3.94. The van der Waals surface area contributed by atoms with E-state index in [4.69, 9.17) is 4.74 Å². The lowest BCUT2D eigenvalue weighted by Gasteiger charge is -2.35. The predicted molar refractivity (Wildman–Crippen MR) is 98.4 cm³/mol. The maximum atomic E-state index is 13.0. The third-order valence-corrected chi connectivity index (χ3v) is 8.23. The van der Waals surface area contributed by atoms with Gasteiger partial charge in [-0.3, -0.25) is 4.79 Å². The summed E-state index contributed by atoms with van der Waals surface area (Å²) in [6.45, 7) is 2.59. The number of morpholine rings is 1. The van der Waals surface area contributed by atoms with Crippen molar-refractivity contribution in [1.29, 1.82) is 0 Å². The fourth-order valence-corrected chi connectivity index (χ4v) is 6.57. The van der Waals surface area contributed by atoms with Crippen LogP contribution in [-0.4, -0.2) is 77.6 Å². The number of hydrogen-bond acceptors (Lipinski definition) is 6. The third-order valence-electron chi connectivity index (χ3n) is 4.99. The van der Waals surface area contributed by atoms with Gasteiger partial charge < -0.3 is 9.64 Å². The van der Waals surface area contributed by atoms with Crippen LogP contribution in [-0.2, 0) is 29.4 Å². The van der Waals surface area contributed by atoms with Gasteiger partial charge in [-0.2, -0.15) is 4.31 Å². The fourth-order valence-electron chi connectivity index (χ4n) is 3.49. The molecule has 150 valence electrons. The van der Waals surface area contributed by atoms with Gasteiger partial charge in [0.2, 0.25) is 15.9 Å². The molecule has 1 amide bonds.